The van der Waals surface area contributed by atoms with Crippen molar-refractivity contribution in [1.29, 1.82) is 0 Å². The Hall–Kier alpha value is -2.46. The predicted molar refractivity (Wildman–Crippen MR) is 106 cm³/mol. The molecule has 4 heteroatoms. The van der Waals surface area contributed by atoms with Crippen molar-refractivity contribution in [3.63, 3.8) is 0 Å². The number of halogens is 1. The highest BCUT2D eigenvalue weighted by atomic mass is 19.1. The summed E-state index contributed by atoms with van der Waals surface area (Å²) in [5, 5.41) is 5.88. The van der Waals surface area contributed by atoms with Crippen LogP contribution in [0.5, 0.6) is 0 Å². The van der Waals surface area contributed by atoms with E-state index < -0.39 is 0 Å². The number of rotatable bonds is 3. The van der Waals surface area contributed by atoms with E-state index in [0.29, 0.717) is 11.6 Å². The average Bonchev–Trinajstić information content (AvgIpc) is 2.63. The van der Waals surface area contributed by atoms with E-state index in [1.54, 1.807) is 6.07 Å². The van der Waals surface area contributed by atoms with Gasteiger partial charge in [-0.05, 0) is 75.3 Å². The van der Waals surface area contributed by atoms with Gasteiger partial charge in [-0.15, -0.1) is 0 Å². The molecule has 0 amide bonds. The zero-order valence-electron chi connectivity index (χ0n) is 15.3. The Morgan fingerprint density at radius 2 is 1.96 bits per heavy atom. The highest BCUT2D eigenvalue weighted by molar-refractivity contribution is 5.97. The average molecular weight is 349 g/mol. The fourth-order valence-electron chi connectivity index (χ4n) is 3.84. The standard InChI is InChI=1S/C22H24FN3/c1-15-4-3-5-20(23)22(15)16-12-17-14-24-9-6-19(17)21(13-16)25-18-7-10-26(2)11-8-18/h3-6,9,12-14,18,25H,7-8,10-11H2,1-2H3. The van der Waals surface area contributed by atoms with Crippen molar-refractivity contribution in [1.82, 2.24) is 9.88 Å². The van der Waals surface area contributed by atoms with Gasteiger partial charge in [0.05, 0.1) is 0 Å². The molecular weight excluding hydrogens is 325 g/mol. The Morgan fingerprint density at radius 1 is 1.15 bits per heavy atom. The molecule has 1 saturated heterocycles. The summed E-state index contributed by atoms with van der Waals surface area (Å²) >= 11 is 0. The van der Waals surface area contributed by atoms with Gasteiger partial charge in [0.2, 0.25) is 0 Å². The Kier molecular flexibility index (Phi) is 4.60. The number of nitrogens with zero attached hydrogens (tertiary/aromatic N) is 2. The van der Waals surface area contributed by atoms with Crippen LogP contribution in [0.3, 0.4) is 0 Å². The molecule has 0 spiro atoms. The number of aryl methyl sites for hydroxylation is 1. The maximum Gasteiger partial charge on any atom is 0.131 e. The van der Waals surface area contributed by atoms with Crippen molar-refractivity contribution >= 4 is 16.5 Å². The van der Waals surface area contributed by atoms with E-state index in [1.807, 2.05) is 37.5 Å². The summed E-state index contributed by atoms with van der Waals surface area (Å²) in [7, 11) is 2.17. The summed E-state index contributed by atoms with van der Waals surface area (Å²) in [6.07, 6.45) is 5.91. The van der Waals surface area contributed by atoms with E-state index in [1.165, 1.54) is 6.07 Å². The molecule has 3 nitrogen and oxygen atoms in total. The highest BCUT2D eigenvalue weighted by Gasteiger charge is 2.18. The molecule has 1 aliphatic rings. The summed E-state index contributed by atoms with van der Waals surface area (Å²) < 4.78 is 14.5. The molecule has 134 valence electrons. The van der Waals surface area contributed by atoms with Crippen LogP contribution in [0.1, 0.15) is 18.4 Å². The quantitative estimate of drug-likeness (QED) is 0.732. The minimum Gasteiger partial charge on any atom is -0.382 e. The van der Waals surface area contributed by atoms with Gasteiger partial charge < -0.3 is 10.2 Å². The number of nitrogens with one attached hydrogen (secondary N) is 1. The molecule has 4 rings (SSSR count). The van der Waals surface area contributed by atoms with E-state index in [-0.39, 0.29) is 5.82 Å². The normalized spacial score (nSPS) is 16.1. The number of pyridine rings is 1. The molecular formula is C22H24FN3. The first kappa shape index (κ1) is 17.0. The van der Waals surface area contributed by atoms with Crippen LogP contribution in [0.4, 0.5) is 10.1 Å². The molecule has 26 heavy (non-hydrogen) atoms. The lowest BCUT2D eigenvalue weighted by Crippen LogP contribution is -2.36. The molecule has 2 heterocycles. The van der Waals surface area contributed by atoms with Crippen molar-refractivity contribution in [2.24, 2.45) is 0 Å². The zero-order valence-corrected chi connectivity index (χ0v) is 15.3. The number of aromatic nitrogens is 1. The van der Waals surface area contributed by atoms with Gasteiger partial charge in [0.15, 0.2) is 0 Å². The Balaban J connectivity index is 1.79. The molecule has 0 aliphatic carbocycles. The van der Waals surface area contributed by atoms with Crippen LogP contribution < -0.4 is 5.32 Å². The second kappa shape index (κ2) is 7.04. The lowest BCUT2D eigenvalue weighted by atomic mass is 9.96. The zero-order chi connectivity index (χ0) is 18.1. The number of hydrogen-bond acceptors (Lipinski definition) is 3. The van der Waals surface area contributed by atoms with Gasteiger partial charge in [0.1, 0.15) is 5.82 Å². The molecule has 0 unspecified atom stereocenters. The van der Waals surface area contributed by atoms with Crippen LogP contribution >= 0.6 is 0 Å². The molecule has 1 aliphatic heterocycles. The molecule has 0 radical (unpaired) electrons. The molecule has 0 saturated carbocycles. The van der Waals surface area contributed by atoms with Gasteiger partial charge in [0, 0.05) is 40.5 Å². The third kappa shape index (κ3) is 3.29. The van der Waals surface area contributed by atoms with Crippen LogP contribution in [-0.2, 0) is 0 Å². The van der Waals surface area contributed by atoms with Crippen molar-refractivity contribution < 1.29 is 4.39 Å². The second-order valence-corrected chi connectivity index (χ2v) is 7.27. The van der Waals surface area contributed by atoms with Crippen molar-refractivity contribution in [3.8, 4) is 11.1 Å². The van der Waals surface area contributed by atoms with Gasteiger partial charge in [-0.2, -0.15) is 0 Å². The maximum atomic E-state index is 14.5. The summed E-state index contributed by atoms with van der Waals surface area (Å²) in [6, 6.07) is 11.8. The highest BCUT2D eigenvalue weighted by Crippen LogP contribution is 2.34. The smallest absolute Gasteiger partial charge is 0.131 e. The van der Waals surface area contributed by atoms with Crippen molar-refractivity contribution in [2.45, 2.75) is 25.8 Å². The maximum absolute atomic E-state index is 14.5. The molecule has 1 N–H and O–H groups in total. The molecule has 0 atom stereocenters. The van der Waals surface area contributed by atoms with Crippen LogP contribution in [0, 0.1) is 12.7 Å². The van der Waals surface area contributed by atoms with Crippen molar-refractivity contribution in [2.75, 3.05) is 25.5 Å². The lowest BCUT2D eigenvalue weighted by Gasteiger charge is -2.30. The fraction of sp³-hybridized carbons (Fsp3) is 0.318. The van der Waals surface area contributed by atoms with Crippen LogP contribution in [0.25, 0.3) is 21.9 Å². The molecule has 2 aromatic carbocycles. The number of benzene rings is 2. The van der Waals surface area contributed by atoms with Crippen LogP contribution in [-0.4, -0.2) is 36.1 Å². The largest absolute Gasteiger partial charge is 0.382 e. The van der Waals surface area contributed by atoms with Crippen LogP contribution in [0.2, 0.25) is 0 Å². The molecule has 1 aromatic heterocycles. The first-order valence-corrected chi connectivity index (χ1v) is 9.20. The molecule has 0 bridgehead atoms. The van der Waals surface area contributed by atoms with Gasteiger partial charge >= 0.3 is 0 Å². The molecule has 1 fully saturated rings. The summed E-state index contributed by atoms with van der Waals surface area (Å²) in [4.78, 5) is 6.62. The Labute approximate surface area is 153 Å². The number of fused-ring (bicyclic) bond motifs is 1. The van der Waals surface area contributed by atoms with E-state index in [4.69, 9.17) is 0 Å². The van der Waals surface area contributed by atoms with Crippen molar-refractivity contribution in [3.05, 3.63) is 60.2 Å². The third-order valence-corrected chi connectivity index (χ3v) is 5.34. The summed E-state index contributed by atoms with van der Waals surface area (Å²) in [6.45, 7) is 4.16. The Morgan fingerprint density at radius 3 is 2.73 bits per heavy atom. The molecule has 3 aromatic rings. The summed E-state index contributed by atoms with van der Waals surface area (Å²) in [5.74, 6) is -0.182. The first-order chi connectivity index (χ1) is 12.6. The second-order valence-electron chi connectivity index (χ2n) is 7.27. The van der Waals surface area contributed by atoms with Gasteiger partial charge in [-0.1, -0.05) is 12.1 Å². The number of anilines is 1. The lowest BCUT2D eigenvalue weighted by molar-refractivity contribution is 0.264. The topological polar surface area (TPSA) is 28.2 Å². The van der Waals surface area contributed by atoms with Gasteiger partial charge in [0.25, 0.3) is 0 Å². The first-order valence-electron chi connectivity index (χ1n) is 9.20. The third-order valence-electron chi connectivity index (χ3n) is 5.34. The van der Waals surface area contributed by atoms with E-state index in [9.17, 15) is 4.39 Å². The van der Waals surface area contributed by atoms with E-state index in [0.717, 1.165) is 53.5 Å². The number of hydrogen-bond donors (Lipinski definition) is 1. The van der Waals surface area contributed by atoms with E-state index >= 15 is 0 Å². The summed E-state index contributed by atoms with van der Waals surface area (Å²) in [5.41, 5.74) is 3.58. The van der Waals surface area contributed by atoms with Gasteiger partial charge in [-0.25, -0.2) is 4.39 Å². The number of piperidine rings is 1. The monoisotopic (exact) mass is 349 g/mol. The van der Waals surface area contributed by atoms with E-state index in [2.05, 4.69) is 28.3 Å². The Bertz CT molecular complexity index is 910. The SMILES string of the molecule is Cc1cccc(F)c1-c1cc(NC2CCN(C)CC2)c2ccncc2c1. The van der Waals surface area contributed by atoms with Crippen LogP contribution in [0.15, 0.2) is 48.8 Å². The minimum atomic E-state index is -0.182. The minimum absolute atomic E-state index is 0.182. The number of likely N-dealkylation sites (tertiary alicyclic amines) is 1. The fourth-order valence-corrected chi connectivity index (χ4v) is 3.84. The van der Waals surface area contributed by atoms with Gasteiger partial charge in [-0.3, -0.25) is 4.98 Å². The predicted octanol–water partition coefficient (Wildman–Crippen LogP) is 4.86.